The number of hydrogen-bond acceptors (Lipinski definition) is 3. The maximum absolute atomic E-state index is 12.7. The molecule has 0 spiro atoms. The van der Waals surface area contributed by atoms with Gasteiger partial charge in [-0.1, -0.05) is 41.5 Å². The molecular weight excluding hydrogens is 318 g/mol. The van der Waals surface area contributed by atoms with E-state index in [9.17, 15) is 14.7 Å². The molecule has 5 nitrogen and oxygen atoms in total. The maximum Gasteiger partial charge on any atom is 0.304 e. The third-order valence-corrected chi connectivity index (χ3v) is 3.92. The standard InChI is InChI=1S/C20H23NO4/c1-13-8-14(2)10-15(9-13)11-16(12-19(22)23)20(24)21-17-6-4-5-7-18(17)25-3/h4-10,16H,11-12H2,1-3H3,(H,21,24)(H,22,23)/t16-/m1/s1. The normalized spacial score (nSPS) is 11.6. The van der Waals surface area contributed by atoms with Crippen molar-refractivity contribution < 1.29 is 19.4 Å². The van der Waals surface area contributed by atoms with Crippen LogP contribution < -0.4 is 10.1 Å². The van der Waals surface area contributed by atoms with Crippen molar-refractivity contribution in [1.82, 2.24) is 0 Å². The first kappa shape index (κ1) is 18.5. The zero-order valence-electron chi connectivity index (χ0n) is 14.7. The largest absolute Gasteiger partial charge is 0.495 e. The Kier molecular flexibility index (Phi) is 6.17. The Hall–Kier alpha value is -2.82. The summed E-state index contributed by atoms with van der Waals surface area (Å²) in [7, 11) is 1.52. The Morgan fingerprint density at radius 1 is 1.12 bits per heavy atom. The average molecular weight is 341 g/mol. The fraction of sp³-hybridized carbons (Fsp3) is 0.300. The van der Waals surface area contributed by atoms with Crippen LogP contribution in [0.15, 0.2) is 42.5 Å². The second kappa shape index (κ2) is 8.33. The third-order valence-electron chi connectivity index (χ3n) is 3.92. The topological polar surface area (TPSA) is 75.6 Å². The number of hydrogen-bond donors (Lipinski definition) is 2. The lowest BCUT2D eigenvalue weighted by Crippen LogP contribution is -2.27. The predicted octanol–water partition coefficient (Wildman–Crippen LogP) is 3.58. The van der Waals surface area contributed by atoms with Crippen molar-refractivity contribution in [3.63, 3.8) is 0 Å². The fourth-order valence-electron chi connectivity index (χ4n) is 2.92. The van der Waals surface area contributed by atoms with Gasteiger partial charge in [-0.25, -0.2) is 0 Å². The Bertz CT molecular complexity index is 750. The number of carboxylic acid groups (broad SMARTS) is 1. The molecule has 0 radical (unpaired) electrons. The first-order valence-corrected chi connectivity index (χ1v) is 8.12. The van der Waals surface area contributed by atoms with Gasteiger partial charge >= 0.3 is 5.97 Å². The molecule has 132 valence electrons. The van der Waals surface area contributed by atoms with Crippen LogP contribution in [0.5, 0.6) is 5.75 Å². The molecule has 2 N–H and O–H groups in total. The molecule has 0 bridgehead atoms. The Labute approximate surface area is 147 Å². The molecule has 1 atom stereocenters. The number of anilines is 1. The Morgan fingerprint density at radius 2 is 1.76 bits per heavy atom. The number of carboxylic acids is 1. The average Bonchev–Trinajstić information content (AvgIpc) is 2.53. The molecule has 0 unspecified atom stereocenters. The summed E-state index contributed by atoms with van der Waals surface area (Å²) in [5.41, 5.74) is 3.67. The van der Waals surface area contributed by atoms with Gasteiger partial charge in [-0.05, 0) is 38.0 Å². The van der Waals surface area contributed by atoms with Crippen LogP contribution in [0.2, 0.25) is 0 Å². The summed E-state index contributed by atoms with van der Waals surface area (Å²) in [6.45, 7) is 3.97. The molecule has 0 fully saturated rings. The highest BCUT2D eigenvalue weighted by Gasteiger charge is 2.23. The number of benzene rings is 2. The summed E-state index contributed by atoms with van der Waals surface area (Å²) in [4.78, 5) is 23.9. The van der Waals surface area contributed by atoms with Gasteiger partial charge in [0.15, 0.2) is 0 Å². The summed E-state index contributed by atoms with van der Waals surface area (Å²) < 4.78 is 5.23. The maximum atomic E-state index is 12.7. The van der Waals surface area contributed by atoms with Crippen molar-refractivity contribution in [3.05, 3.63) is 59.2 Å². The van der Waals surface area contributed by atoms with Crippen LogP contribution in [-0.2, 0) is 16.0 Å². The molecule has 2 aromatic rings. The van der Waals surface area contributed by atoms with E-state index >= 15 is 0 Å². The molecule has 1 amide bonds. The molecular formula is C20H23NO4. The van der Waals surface area contributed by atoms with E-state index in [1.807, 2.05) is 32.0 Å². The molecule has 0 saturated carbocycles. The molecule has 5 heteroatoms. The van der Waals surface area contributed by atoms with Crippen LogP contribution >= 0.6 is 0 Å². The van der Waals surface area contributed by atoms with E-state index in [-0.39, 0.29) is 12.3 Å². The van der Waals surface area contributed by atoms with Gasteiger partial charge < -0.3 is 15.2 Å². The number of carbonyl (C=O) groups excluding carboxylic acids is 1. The summed E-state index contributed by atoms with van der Waals surface area (Å²) in [5.74, 6) is -1.45. The molecule has 0 aromatic heterocycles. The minimum Gasteiger partial charge on any atom is -0.495 e. The minimum absolute atomic E-state index is 0.228. The quantitative estimate of drug-likeness (QED) is 0.807. The second-order valence-electron chi connectivity index (χ2n) is 6.18. The highest BCUT2D eigenvalue weighted by molar-refractivity contribution is 5.95. The van der Waals surface area contributed by atoms with Crippen molar-refractivity contribution in [2.45, 2.75) is 26.7 Å². The molecule has 0 aliphatic carbocycles. The van der Waals surface area contributed by atoms with Crippen molar-refractivity contribution >= 4 is 17.6 Å². The molecule has 2 rings (SSSR count). The summed E-state index contributed by atoms with van der Waals surface area (Å²) in [6, 6.07) is 13.1. The molecule has 0 aliphatic rings. The van der Waals surface area contributed by atoms with Gasteiger partial charge in [-0.3, -0.25) is 9.59 Å². The molecule has 2 aromatic carbocycles. The van der Waals surface area contributed by atoms with Crippen molar-refractivity contribution in [2.24, 2.45) is 5.92 Å². The lowest BCUT2D eigenvalue weighted by atomic mass is 9.93. The van der Waals surface area contributed by atoms with Crippen LogP contribution in [-0.4, -0.2) is 24.1 Å². The highest BCUT2D eigenvalue weighted by Crippen LogP contribution is 2.25. The van der Waals surface area contributed by atoms with Crippen molar-refractivity contribution in [2.75, 3.05) is 12.4 Å². The fourth-order valence-corrected chi connectivity index (χ4v) is 2.92. The summed E-state index contributed by atoms with van der Waals surface area (Å²) >= 11 is 0. The smallest absolute Gasteiger partial charge is 0.304 e. The number of amides is 1. The Balaban J connectivity index is 2.21. The first-order valence-electron chi connectivity index (χ1n) is 8.12. The number of nitrogens with one attached hydrogen (secondary N) is 1. The lowest BCUT2D eigenvalue weighted by molar-refractivity contribution is -0.140. The monoisotopic (exact) mass is 341 g/mol. The van der Waals surface area contributed by atoms with Crippen LogP contribution in [0.4, 0.5) is 5.69 Å². The van der Waals surface area contributed by atoms with Crippen LogP contribution in [0.25, 0.3) is 0 Å². The van der Waals surface area contributed by atoms with E-state index in [1.54, 1.807) is 24.3 Å². The van der Waals surface area contributed by atoms with E-state index in [2.05, 4.69) is 5.32 Å². The number of aryl methyl sites for hydroxylation is 2. The van der Waals surface area contributed by atoms with Crippen molar-refractivity contribution in [3.8, 4) is 5.75 Å². The van der Waals surface area contributed by atoms with E-state index in [0.717, 1.165) is 16.7 Å². The number of carbonyl (C=O) groups is 2. The van der Waals surface area contributed by atoms with E-state index in [4.69, 9.17) is 4.74 Å². The van der Waals surface area contributed by atoms with Crippen LogP contribution in [0, 0.1) is 19.8 Å². The van der Waals surface area contributed by atoms with E-state index in [0.29, 0.717) is 17.9 Å². The Morgan fingerprint density at radius 3 is 2.36 bits per heavy atom. The molecule has 0 saturated heterocycles. The van der Waals surface area contributed by atoms with Crippen molar-refractivity contribution in [1.29, 1.82) is 0 Å². The van der Waals surface area contributed by atoms with Gasteiger partial charge in [0, 0.05) is 0 Å². The van der Waals surface area contributed by atoms with Gasteiger partial charge in [0.2, 0.25) is 5.91 Å². The third kappa shape index (κ3) is 5.35. The van der Waals surface area contributed by atoms with Gasteiger partial charge in [0.1, 0.15) is 5.75 Å². The molecule has 25 heavy (non-hydrogen) atoms. The highest BCUT2D eigenvalue weighted by atomic mass is 16.5. The summed E-state index contributed by atoms with van der Waals surface area (Å²) in [6.07, 6.45) is 0.143. The van der Waals surface area contributed by atoms with Crippen LogP contribution in [0.3, 0.4) is 0 Å². The second-order valence-corrected chi connectivity index (χ2v) is 6.18. The number of aliphatic carboxylic acids is 1. The number of methoxy groups -OCH3 is 1. The zero-order chi connectivity index (χ0) is 18.4. The number of ether oxygens (including phenoxy) is 1. The SMILES string of the molecule is COc1ccccc1NC(=O)[C@@H](CC(=O)O)Cc1cc(C)cc(C)c1. The predicted molar refractivity (Wildman–Crippen MR) is 97.0 cm³/mol. The molecule has 0 aliphatic heterocycles. The lowest BCUT2D eigenvalue weighted by Gasteiger charge is -2.17. The van der Waals surface area contributed by atoms with Gasteiger partial charge in [0.05, 0.1) is 25.1 Å². The first-order chi connectivity index (χ1) is 11.9. The summed E-state index contributed by atoms with van der Waals surface area (Å²) in [5, 5.41) is 12.0. The number of rotatable bonds is 7. The zero-order valence-corrected chi connectivity index (χ0v) is 14.7. The van der Waals surface area contributed by atoms with Gasteiger partial charge in [0.25, 0.3) is 0 Å². The van der Waals surface area contributed by atoms with Crippen LogP contribution in [0.1, 0.15) is 23.1 Å². The van der Waals surface area contributed by atoms with E-state index < -0.39 is 11.9 Å². The van der Waals surface area contributed by atoms with Gasteiger partial charge in [-0.2, -0.15) is 0 Å². The van der Waals surface area contributed by atoms with Gasteiger partial charge in [-0.15, -0.1) is 0 Å². The number of para-hydroxylation sites is 2. The minimum atomic E-state index is -0.996. The molecule has 0 heterocycles. The van der Waals surface area contributed by atoms with E-state index in [1.165, 1.54) is 7.11 Å².